The van der Waals surface area contributed by atoms with E-state index >= 15 is 0 Å². The van der Waals surface area contributed by atoms with Crippen molar-refractivity contribution in [2.24, 2.45) is 0 Å². The molecule has 108 valence electrons. The minimum Gasteiger partial charge on any atom is -0.388 e. The van der Waals surface area contributed by atoms with Crippen molar-refractivity contribution in [1.82, 2.24) is 10.2 Å². The van der Waals surface area contributed by atoms with Gasteiger partial charge in [0.15, 0.2) is 0 Å². The van der Waals surface area contributed by atoms with Gasteiger partial charge in [-0.25, -0.2) is 0 Å². The van der Waals surface area contributed by atoms with Gasteiger partial charge in [-0.3, -0.25) is 0 Å². The first-order valence-corrected chi connectivity index (χ1v) is 7.01. The van der Waals surface area contributed by atoms with Crippen LogP contribution in [-0.4, -0.2) is 42.8 Å². The zero-order chi connectivity index (χ0) is 14.5. The smallest absolute Gasteiger partial charge is 0.0869 e. The number of hydrogen-bond donors (Lipinski definition) is 2. The van der Waals surface area contributed by atoms with E-state index in [0.717, 1.165) is 6.42 Å². The van der Waals surface area contributed by atoms with Crippen molar-refractivity contribution in [3.8, 4) is 0 Å². The van der Waals surface area contributed by atoms with Gasteiger partial charge in [-0.05, 0) is 39.9 Å². The highest BCUT2D eigenvalue weighted by atomic mass is 16.3. The molecular formula is C16H28N2O. The molecule has 2 unspecified atom stereocenters. The highest BCUT2D eigenvalue weighted by Crippen LogP contribution is 2.18. The standard InChI is InChI=1S/C16H28N2O/c1-6-15(14-9-7-13(2)8-10-14)17-11-16(3,19)12-18(4)5/h7-10,15,17,19H,6,11-12H2,1-5H3. The molecule has 0 aliphatic rings. The van der Waals surface area contributed by atoms with Crippen LogP contribution in [0.1, 0.15) is 37.4 Å². The van der Waals surface area contributed by atoms with E-state index in [-0.39, 0.29) is 0 Å². The molecule has 1 aromatic rings. The van der Waals surface area contributed by atoms with Gasteiger partial charge in [0, 0.05) is 19.1 Å². The number of nitrogens with one attached hydrogen (secondary N) is 1. The first-order valence-electron chi connectivity index (χ1n) is 7.01. The average molecular weight is 264 g/mol. The fourth-order valence-electron chi connectivity index (χ4n) is 2.38. The van der Waals surface area contributed by atoms with Crippen molar-refractivity contribution < 1.29 is 5.11 Å². The highest BCUT2D eigenvalue weighted by Gasteiger charge is 2.22. The van der Waals surface area contributed by atoms with Crippen LogP contribution >= 0.6 is 0 Å². The van der Waals surface area contributed by atoms with Crippen LogP contribution in [0.25, 0.3) is 0 Å². The predicted molar refractivity (Wildman–Crippen MR) is 81.4 cm³/mol. The molecule has 0 aliphatic carbocycles. The Morgan fingerprint density at radius 3 is 2.32 bits per heavy atom. The maximum atomic E-state index is 10.3. The number of aryl methyl sites for hydroxylation is 1. The summed E-state index contributed by atoms with van der Waals surface area (Å²) >= 11 is 0. The van der Waals surface area contributed by atoms with E-state index in [1.165, 1.54) is 11.1 Å². The van der Waals surface area contributed by atoms with E-state index < -0.39 is 5.60 Å². The lowest BCUT2D eigenvalue weighted by atomic mass is 10.0. The Morgan fingerprint density at radius 1 is 1.26 bits per heavy atom. The van der Waals surface area contributed by atoms with Gasteiger partial charge in [0.2, 0.25) is 0 Å². The largest absolute Gasteiger partial charge is 0.388 e. The summed E-state index contributed by atoms with van der Waals surface area (Å²) in [5, 5.41) is 13.8. The first-order chi connectivity index (χ1) is 8.84. The lowest BCUT2D eigenvalue weighted by Gasteiger charge is -2.29. The summed E-state index contributed by atoms with van der Waals surface area (Å²) in [5.41, 5.74) is 1.86. The quantitative estimate of drug-likeness (QED) is 0.793. The number of likely N-dealkylation sites (N-methyl/N-ethyl adjacent to an activating group) is 1. The summed E-state index contributed by atoms with van der Waals surface area (Å²) in [6.45, 7) is 7.39. The third-order valence-electron chi connectivity index (χ3n) is 3.27. The minimum atomic E-state index is -0.707. The molecule has 19 heavy (non-hydrogen) atoms. The summed E-state index contributed by atoms with van der Waals surface area (Å²) in [6, 6.07) is 8.90. The van der Waals surface area contributed by atoms with Crippen LogP contribution in [0, 0.1) is 6.92 Å². The van der Waals surface area contributed by atoms with Crippen LogP contribution in [0.5, 0.6) is 0 Å². The van der Waals surface area contributed by atoms with Crippen molar-refractivity contribution >= 4 is 0 Å². The van der Waals surface area contributed by atoms with Crippen LogP contribution in [0.4, 0.5) is 0 Å². The maximum Gasteiger partial charge on any atom is 0.0869 e. The zero-order valence-corrected chi connectivity index (χ0v) is 12.9. The normalized spacial score (nSPS) is 16.4. The predicted octanol–water partition coefficient (Wildman–Crippen LogP) is 2.35. The molecule has 0 amide bonds. The lowest BCUT2D eigenvalue weighted by molar-refractivity contribution is 0.0311. The van der Waals surface area contributed by atoms with Crippen LogP contribution in [-0.2, 0) is 0 Å². The summed E-state index contributed by atoms with van der Waals surface area (Å²) in [5.74, 6) is 0. The van der Waals surface area contributed by atoms with E-state index in [1.54, 1.807) is 0 Å². The number of hydrogen-bond acceptors (Lipinski definition) is 3. The van der Waals surface area contributed by atoms with Gasteiger partial charge in [0.1, 0.15) is 0 Å². The molecule has 0 aromatic heterocycles. The summed E-state index contributed by atoms with van der Waals surface area (Å²) in [6.07, 6.45) is 1.01. The Balaban J connectivity index is 2.60. The molecule has 0 aliphatic heterocycles. The van der Waals surface area contributed by atoms with Crippen molar-refractivity contribution in [2.75, 3.05) is 27.2 Å². The molecule has 0 saturated heterocycles. The molecule has 0 fully saturated rings. The Morgan fingerprint density at radius 2 is 1.84 bits per heavy atom. The van der Waals surface area contributed by atoms with E-state index in [0.29, 0.717) is 19.1 Å². The van der Waals surface area contributed by atoms with Gasteiger partial charge >= 0.3 is 0 Å². The molecular weight excluding hydrogens is 236 g/mol. The van der Waals surface area contributed by atoms with E-state index in [2.05, 4.69) is 43.4 Å². The number of rotatable bonds is 7. The molecule has 2 atom stereocenters. The molecule has 2 N–H and O–H groups in total. The van der Waals surface area contributed by atoms with Crippen molar-refractivity contribution in [2.45, 2.75) is 38.8 Å². The minimum absolute atomic E-state index is 0.300. The molecule has 1 rings (SSSR count). The summed E-state index contributed by atoms with van der Waals surface area (Å²) < 4.78 is 0. The fraction of sp³-hybridized carbons (Fsp3) is 0.625. The summed E-state index contributed by atoms with van der Waals surface area (Å²) in [7, 11) is 3.96. The molecule has 3 nitrogen and oxygen atoms in total. The van der Waals surface area contributed by atoms with Gasteiger partial charge in [0.05, 0.1) is 5.60 Å². The molecule has 0 heterocycles. The SMILES string of the molecule is CCC(NCC(C)(O)CN(C)C)c1ccc(C)cc1. The van der Waals surface area contributed by atoms with E-state index in [1.807, 2.05) is 25.9 Å². The number of aliphatic hydroxyl groups is 1. The molecule has 0 spiro atoms. The number of benzene rings is 1. The first kappa shape index (κ1) is 16.2. The lowest BCUT2D eigenvalue weighted by Crippen LogP contribution is -2.46. The second-order valence-electron chi connectivity index (χ2n) is 5.99. The zero-order valence-electron chi connectivity index (χ0n) is 12.9. The molecule has 0 saturated carbocycles. The molecule has 0 radical (unpaired) electrons. The number of nitrogens with zero attached hydrogens (tertiary/aromatic N) is 1. The van der Waals surface area contributed by atoms with Crippen LogP contribution < -0.4 is 5.32 Å². The third kappa shape index (κ3) is 5.72. The van der Waals surface area contributed by atoms with Crippen molar-refractivity contribution in [3.05, 3.63) is 35.4 Å². The van der Waals surface area contributed by atoms with E-state index in [9.17, 15) is 5.11 Å². The van der Waals surface area contributed by atoms with Crippen molar-refractivity contribution in [3.63, 3.8) is 0 Å². The van der Waals surface area contributed by atoms with Crippen LogP contribution in [0.3, 0.4) is 0 Å². The topological polar surface area (TPSA) is 35.5 Å². The van der Waals surface area contributed by atoms with Gasteiger partial charge in [-0.2, -0.15) is 0 Å². The molecule has 0 bridgehead atoms. The summed E-state index contributed by atoms with van der Waals surface area (Å²) in [4.78, 5) is 2.01. The monoisotopic (exact) mass is 264 g/mol. The van der Waals surface area contributed by atoms with Crippen LogP contribution in [0.15, 0.2) is 24.3 Å². The van der Waals surface area contributed by atoms with E-state index in [4.69, 9.17) is 0 Å². The average Bonchev–Trinajstić information content (AvgIpc) is 2.30. The Labute approximate surface area is 117 Å². The highest BCUT2D eigenvalue weighted by molar-refractivity contribution is 5.24. The Kier molecular flexibility index (Phi) is 5.98. The van der Waals surface area contributed by atoms with Crippen LogP contribution in [0.2, 0.25) is 0 Å². The Hall–Kier alpha value is -0.900. The van der Waals surface area contributed by atoms with Gasteiger partial charge in [-0.15, -0.1) is 0 Å². The van der Waals surface area contributed by atoms with Gasteiger partial charge in [-0.1, -0.05) is 36.8 Å². The van der Waals surface area contributed by atoms with Gasteiger partial charge in [0.25, 0.3) is 0 Å². The van der Waals surface area contributed by atoms with Crippen molar-refractivity contribution in [1.29, 1.82) is 0 Å². The molecule has 3 heteroatoms. The Bertz CT molecular complexity index is 371. The third-order valence-corrected chi connectivity index (χ3v) is 3.27. The molecule has 1 aromatic carbocycles. The fourth-order valence-corrected chi connectivity index (χ4v) is 2.38. The second-order valence-corrected chi connectivity index (χ2v) is 5.99. The second kappa shape index (κ2) is 7.04. The van der Waals surface area contributed by atoms with Gasteiger partial charge < -0.3 is 15.3 Å². The maximum absolute atomic E-state index is 10.3.